The summed E-state index contributed by atoms with van der Waals surface area (Å²) in [6.45, 7) is 1.03. The highest BCUT2D eigenvalue weighted by Crippen LogP contribution is 2.24. The maximum absolute atomic E-state index is 12.5. The number of amides is 1. The molecule has 0 bridgehead atoms. The first-order chi connectivity index (χ1) is 14.8. The fourth-order valence-electron chi connectivity index (χ4n) is 3.06. The van der Waals surface area contributed by atoms with Crippen molar-refractivity contribution >= 4 is 29.2 Å². The van der Waals surface area contributed by atoms with Crippen molar-refractivity contribution in [1.82, 2.24) is 5.32 Å². The van der Waals surface area contributed by atoms with E-state index in [1.807, 2.05) is 42.5 Å². The van der Waals surface area contributed by atoms with Crippen LogP contribution in [0.3, 0.4) is 0 Å². The molecule has 0 aliphatic carbocycles. The number of rotatable bonds is 7. The molecule has 8 heteroatoms. The Morgan fingerprint density at radius 3 is 2.29 bits per heavy atom. The molecule has 1 atom stereocenters. The second kappa shape index (κ2) is 9.86. The molecule has 7 nitrogen and oxygen atoms in total. The summed E-state index contributed by atoms with van der Waals surface area (Å²) in [7, 11) is 0. The molecule has 0 aromatic heterocycles. The van der Waals surface area contributed by atoms with Crippen LogP contribution in [0.2, 0.25) is 5.02 Å². The number of carbonyl (C=O) groups is 2. The van der Waals surface area contributed by atoms with Gasteiger partial charge >= 0.3 is 5.97 Å². The number of esters is 1. The van der Waals surface area contributed by atoms with Crippen molar-refractivity contribution in [3.8, 4) is 0 Å². The second-order valence-corrected chi connectivity index (χ2v) is 7.23. The molecule has 3 aromatic carbocycles. The molecule has 31 heavy (non-hydrogen) atoms. The highest BCUT2D eigenvalue weighted by Gasteiger charge is 2.19. The van der Waals surface area contributed by atoms with Gasteiger partial charge in [0.2, 0.25) is 0 Å². The van der Waals surface area contributed by atoms with Crippen LogP contribution >= 0.6 is 11.6 Å². The lowest BCUT2D eigenvalue weighted by molar-refractivity contribution is -0.385. The minimum absolute atomic E-state index is 0.0945. The van der Waals surface area contributed by atoms with Crippen LogP contribution in [-0.4, -0.2) is 23.4 Å². The van der Waals surface area contributed by atoms with Crippen molar-refractivity contribution in [2.24, 2.45) is 0 Å². The number of halogens is 1. The van der Waals surface area contributed by atoms with Crippen LogP contribution in [0.15, 0.2) is 72.8 Å². The molecular formula is C23H19ClN2O5. The molecule has 0 fully saturated rings. The van der Waals surface area contributed by atoms with Gasteiger partial charge in [0.05, 0.1) is 16.5 Å². The topological polar surface area (TPSA) is 98.5 Å². The number of benzene rings is 3. The predicted octanol–water partition coefficient (Wildman–Crippen LogP) is 4.62. The average molecular weight is 439 g/mol. The van der Waals surface area contributed by atoms with Crippen molar-refractivity contribution in [2.75, 3.05) is 6.61 Å². The third-order valence-electron chi connectivity index (χ3n) is 4.61. The summed E-state index contributed by atoms with van der Waals surface area (Å²) in [5, 5.41) is 14.3. The Kier molecular flexibility index (Phi) is 6.99. The van der Waals surface area contributed by atoms with Crippen LogP contribution in [0, 0.1) is 17.0 Å². The lowest BCUT2D eigenvalue weighted by Crippen LogP contribution is -2.33. The summed E-state index contributed by atoms with van der Waals surface area (Å²) >= 11 is 5.97. The molecule has 158 valence electrons. The van der Waals surface area contributed by atoms with Crippen molar-refractivity contribution in [3.05, 3.63) is 110 Å². The summed E-state index contributed by atoms with van der Waals surface area (Å²) in [5.41, 5.74) is 2.05. The molecule has 0 aliphatic heterocycles. The van der Waals surface area contributed by atoms with Gasteiger partial charge in [0.1, 0.15) is 0 Å². The lowest BCUT2D eigenvalue weighted by atomic mass is 9.99. The molecule has 0 saturated carbocycles. The number of nitro benzene ring substituents is 1. The Hall–Kier alpha value is -3.71. The van der Waals surface area contributed by atoms with E-state index in [1.54, 1.807) is 12.1 Å². The normalized spacial score (nSPS) is 11.4. The molecule has 1 unspecified atom stereocenters. The van der Waals surface area contributed by atoms with E-state index < -0.39 is 29.4 Å². The summed E-state index contributed by atoms with van der Waals surface area (Å²) in [6.07, 6.45) is 0. The van der Waals surface area contributed by atoms with Gasteiger partial charge in [0, 0.05) is 16.7 Å². The van der Waals surface area contributed by atoms with Gasteiger partial charge in [-0.15, -0.1) is 0 Å². The fraction of sp³-hybridized carbons (Fsp3) is 0.130. The third kappa shape index (κ3) is 5.67. The first kappa shape index (κ1) is 22.0. The van der Waals surface area contributed by atoms with Crippen molar-refractivity contribution in [3.63, 3.8) is 0 Å². The number of nitrogens with one attached hydrogen (secondary N) is 1. The molecule has 3 aromatic rings. The quantitative estimate of drug-likeness (QED) is 0.329. The number of hydrogen-bond donors (Lipinski definition) is 1. The standard InChI is InChI=1S/C23H19ClN2O5/c1-15-13-18(9-12-20(15)26(29)30)23(28)31-14-21(27)25-22(16-5-3-2-4-6-16)17-7-10-19(24)11-8-17/h2-13,22H,14H2,1H3,(H,25,27). The van der Waals surface area contributed by atoms with Crippen molar-refractivity contribution in [1.29, 1.82) is 0 Å². The third-order valence-corrected chi connectivity index (χ3v) is 4.86. The highest BCUT2D eigenvalue weighted by atomic mass is 35.5. The van der Waals surface area contributed by atoms with Crippen LogP contribution in [-0.2, 0) is 9.53 Å². The number of aryl methyl sites for hydroxylation is 1. The van der Waals surface area contributed by atoms with E-state index in [0.717, 1.165) is 11.1 Å². The molecule has 0 saturated heterocycles. The van der Waals surface area contributed by atoms with Gasteiger partial charge in [0.15, 0.2) is 6.61 Å². The maximum Gasteiger partial charge on any atom is 0.338 e. The van der Waals surface area contributed by atoms with Crippen molar-refractivity contribution < 1.29 is 19.2 Å². The Labute approximate surface area is 183 Å². The van der Waals surface area contributed by atoms with Gasteiger partial charge in [0.25, 0.3) is 11.6 Å². The van der Waals surface area contributed by atoms with Gasteiger partial charge in [-0.1, -0.05) is 54.1 Å². The molecule has 0 radical (unpaired) electrons. The maximum atomic E-state index is 12.5. The van der Waals surface area contributed by atoms with Gasteiger partial charge in [-0.25, -0.2) is 4.79 Å². The minimum atomic E-state index is -0.740. The predicted molar refractivity (Wildman–Crippen MR) is 116 cm³/mol. The SMILES string of the molecule is Cc1cc(C(=O)OCC(=O)NC(c2ccccc2)c2ccc(Cl)cc2)ccc1[N+](=O)[O-]. The second-order valence-electron chi connectivity index (χ2n) is 6.80. The van der Waals surface area contributed by atoms with Gasteiger partial charge < -0.3 is 10.1 Å². The summed E-state index contributed by atoms with van der Waals surface area (Å²) in [5.74, 6) is -1.23. The summed E-state index contributed by atoms with van der Waals surface area (Å²) < 4.78 is 5.10. The number of ether oxygens (including phenoxy) is 1. The van der Waals surface area contributed by atoms with Crippen LogP contribution in [0.4, 0.5) is 5.69 Å². The van der Waals surface area contributed by atoms with E-state index in [0.29, 0.717) is 10.6 Å². The molecule has 3 rings (SSSR count). The Balaban J connectivity index is 1.68. The van der Waals surface area contributed by atoms with Gasteiger partial charge in [-0.2, -0.15) is 0 Å². The Morgan fingerprint density at radius 1 is 1.03 bits per heavy atom. The molecule has 0 heterocycles. The first-order valence-electron chi connectivity index (χ1n) is 9.37. The van der Waals surface area contributed by atoms with E-state index in [4.69, 9.17) is 16.3 Å². The van der Waals surface area contributed by atoms with E-state index in [-0.39, 0.29) is 11.3 Å². The monoisotopic (exact) mass is 438 g/mol. The van der Waals surface area contributed by atoms with Crippen LogP contribution < -0.4 is 5.32 Å². The van der Waals surface area contributed by atoms with E-state index >= 15 is 0 Å². The minimum Gasteiger partial charge on any atom is -0.452 e. The molecular weight excluding hydrogens is 420 g/mol. The largest absolute Gasteiger partial charge is 0.452 e. The Morgan fingerprint density at radius 2 is 1.68 bits per heavy atom. The number of nitrogens with zero attached hydrogens (tertiary/aromatic N) is 1. The zero-order chi connectivity index (χ0) is 22.4. The van der Waals surface area contributed by atoms with Gasteiger partial charge in [-0.3, -0.25) is 14.9 Å². The van der Waals surface area contributed by atoms with Crippen LogP contribution in [0.25, 0.3) is 0 Å². The van der Waals surface area contributed by atoms with Crippen LogP contribution in [0.1, 0.15) is 33.1 Å². The van der Waals surface area contributed by atoms with E-state index in [2.05, 4.69) is 5.32 Å². The zero-order valence-electron chi connectivity index (χ0n) is 16.6. The number of hydrogen-bond acceptors (Lipinski definition) is 5. The molecule has 1 N–H and O–H groups in total. The van der Waals surface area contributed by atoms with Crippen molar-refractivity contribution in [2.45, 2.75) is 13.0 Å². The van der Waals surface area contributed by atoms with Gasteiger partial charge in [-0.05, 0) is 42.3 Å². The fourth-order valence-corrected chi connectivity index (χ4v) is 3.19. The number of nitro groups is 1. The average Bonchev–Trinajstić information content (AvgIpc) is 2.76. The Bertz CT molecular complexity index is 1100. The number of carbonyl (C=O) groups excluding carboxylic acids is 2. The first-order valence-corrected chi connectivity index (χ1v) is 9.75. The molecule has 0 spiro atoms. The summed E-state index contributed by atoms with van der Waals surface area (Å²) in [4.78, 5) is 35.1. The van der Waals surface area contributed by atoms with E-state index in [1.165, 1.54) is 25.1 Å². The van der Waals surface area contributed by atoms with E-state index in [9.17, 15) is 19.7 Å². The lowest BCUT2D eigenvalue weighted by Gasteiger charge is -2.20. The van der Waals surface area contributed by atoms with Crippen LogP contribution in [0.5, 0.6) is 0 Å². The summed E-state index contributed by atoms with van der Waals surface area (Å²) in [6, 6.07) is 19.9. The molecule has 0 aliphatic rings. The zero-order valence-corrected chi connectivity index (χ0v) is 17.3. The smallest absolute Gasteiger partial charge is 0.338 e. The highest BCUT2D eigenvalue weighted by molar-refractivity contribution is 6.30. The molecule has 1 amide bonds.